The maximum Gasteiger partial charge on any atom is 0.226 e. The summed E-state index contributed by atoms with van der Waals surface area (Å²) in [7, 11) is 0. The first-order valence-corrected chi connectivity index (χ1v) is 5.70. The van der Waals surface area contributed by atoms with Crippen molar-refractivity contribution in [2.24, 2.45) is 5.84 Å². The van der Waals surface area contributed by atoms with Gasteiger partial charge in [0.1, 0.15) is 11.6 Å². The van der Waals surface area contributed by atoms with Crippen LogP contribution in [0.4, 0.5) is 11.8 Å². The van der Waals surface area contributed by atoms with Crippen molar-refractivity contribution in [1.82, 2.24) is 9.97 Å². The molecule has 0 saturated heterocycles. The topological polar surface area (TPSA) is 119 Å². The van der Waals surface area contributed by atoms with Crippen LogP contribution in [0.15, 0.2) is 30.3 Å². The normalized spacial score (nSPS) is 10.2. The average Bonchev–Trinajstić information content (AvgIpc) is 2.40. The molecular weight excluding hydrogens is 246 g/mol. The number of rotatable bonds is 5. The fourth-order valence-electron chi connectivity index (χ4n) is 1.54. The van der Waals surface area contributed by atoms with Gasteiger partial charge in [-0.05, 0) is 24.1 Å². The van der Waals surface area contributed by atoms with Crippen LogP contribution < -0.4 is 21.7 Å². The third-order valence-corrected chi connectivity index (χ3v) is 2.41. The number of hydrogen-bond acceptors (Lipinski definition) is 7. The van der Waals surface area contributed by atoms with E-state index in [0.717, 1.165) is 5.56 Å². The molecule has 0 amide bonds. The van der Waals surface area contributed by atoms with E-state index >= 15 is 0 Å². The first-order valence-electron chi connectivity index (χ1n) is 5.70. The molecule has 19 heavy (non-hydrogen) atoms. The Hall–Kier alpha value is -2.38. The highest BCUT2D eigenvalue weighted by molar-refractivity contribution is 5.43. The lowest BCUT2D eigenvalue weighted by Crippen LogP contribution is -2.10. The molecule has 7 nitrogen and oxygen atoms in total. The zero-order valence-corrected chi connectivity index (χ0v) is 10.2. The van der Waals surface area contributed by atoms with Crippen LogP contribution in [0.5, 0.6) is 11.6 Å². The number of anilines is 2. The number of nitrogen functional groups attached to an aromatic ring is 2. The Kier molecular flexibility index (Phi) is 4.11. The number of aromatic nitrogens is 2. The summed E-state index contributed by atoms with van der Waals surface area (Å²) in [6.45, 7) is 0.119. The molecule has 100 valence electrons. The highest BCUT2D eigenvalue weighted by atomic mass is 16.5. The summed E-state index contributed by atoms with van der Waals surface area (Å²) in [5.41, 5.74) is 8.94. The van der Waals surface area contributed by atoms with Crippen LogP contribution in [0.3, 0.4) is 0 Å². The molecule has 1 aromatic heterocycles. The molecule has 0 aliphatic rings. The summed E-state index contributed by atoms with van der Waals surface area (Å²) in [6, 6.07) is 8.87. The number of hydrazine groups is 1. The molecule has 1 heterocycles. The number of nitrogens with two attached hydrogens (primary N) is 2. The number of ether oxygens (including phenoxy) is 1. The van der Waals surface area contributed by atoms with E-state index in [2.05, 4.69) is 15.4 Å². The SMILES string of the molecule is NNc1cc(Oc2ccc(CCO)cc2)nc(N)n1. The standard InChI is InChI=1S/C12H15N5O2/c13-12-15-10(17-14)7-11(16-12)19-9-3-1-8(2-4-9)5-6-18/h1-4,7,18H,5-6,14H2,(H3,13,15,16,17). The van der Waals surface area contributed by atoms with E-state index < -0.39 is 0 Å². The smallest absolute Gasteiger partial charge is 0.226 e. The van der Waals surface area contributed by atoms with Crippen LogP contribution in [-0.2, 0) is 6.42 Å². The van der Waals surface area contributed by atoms with Gasteiger partial charge in [0, 0.05) is 12.7 Å². The van der Waals surface area contributed by atoms with Crippen LogP contribution in [0.1, 0.15) is 5.56 Å². The molecule has 0 bridgehead atoms. The minimum absolute atomic E-state index is 0.0716. The first-order chi connectivity index (χ1) is 9.21. The van der Waals surface area contributed by atoms with Crippen LogP contribution in [0.25, 0.3) is 0 Å². The van der Waals surface area contributed by atoms with Crippen LogP contribution in [0, 0.1) is 0 Å². The lowest BCUT2D eigenvalue weighted by molar-refractivity contribution is 0.299. The van der Waals surface area contributed by atoms with E-state index in [0.29, 0.717) is 23.9 Å². The molecule has 0 aliphatic carbocycles. The number of aliphatic hydroxyl groups excluding tert-OH is 1. The summed E-state index contributed by atoms with van der Waals surface area (Å²) in [6.07, 6.45) is 0.613. The summed E-state index contributed by atoms with van der Waals surface area (Å²) in [4.78, 5) is 7.80. The van der Waals surface area contributed by atoms with Crippen molar-refractivity contribution in [2.45, 2.75) is 6.42 Å². The summed E-state index contributed by atoms with van der Waals surface area (Å²) in [5.74, 6) is 6.62. The number of nitrogens with zero attached hydrogens (tertiary/aromatic N) is 2. The first kappa shape index (κ1) is 13.1. The molecule has 7 heteroatoms. The minimum atomic E-state index is 0.0716. The van der Waals surface area contributed by atoms with Crippen molar-refractivity contribution in [3.05, 3.63) is 35.9 Å². The molecule has 0 aliphatic heterocycles. The van der Waals surface area contributed by atoms with Gasteiger partial charge in [0.15, 0.2) is 0 Å². The van der Waals surface area contributed by atoms with Crippen molar-refractivity contribution in [3.63, 3.8) is 0 Å². The fraction of sp³-hybridized carbons (Fsp3) is 0.167. The summed E-state index contributed by atoms with van der Waals surface area (Å²) >= 11 is 0. The van der Waals surface area contributed by atoms with Gasteiger partial charge in [-0.25, -0.2) is 5.84 Å². The fourth-order valence-corrected chi connectivity index (χ4v) is 1.54. The Labute approximate surface area is 110 Å². The summed E-state index contributed by atoms with van der Waals surface area (Å²) in [5, 5.41) is 8.83. The van der Waals surface area contributed by atoms with Crippen LogP contribution in [0.2, 0.25) is 0 Å². The van der Waals surface area contributed by atoms with E-state index in [9.17, 15) is 0 Å². The zero-order valence-electron chi connectivity index (χ0n) is 10.2. The third-order valence-electron chi connectivity index (χ3n) is 2.41. The van der Waals surface area contributed by atoms with Gasteiger partial charge in [-0.2, -0.15) is 9.97 Å². The monoisotopic (exact) mass is 261 g/mol. The number of aliphatic hydroxyl groups is 1. The third kappa shape index (κ3) is 3.54. The zero-order chi connectivity index (χ0) is 13.7. The van der Waals surface area contributed by atoms with Gasteiger partial charge in [0.25, 0.3) is 0 Å². The number of benzene rings is 1. The second-order valence-electron chi connectivity index (χ2n) is 3.81. The Morgan fingerprint density at radius 3 is 2.58 bits per heavy atom. The molecule has 2 rings (SSSR count). The second kappa shape index (κ2) is 5.98. The Morgan fingerprint density at radius 2 is 1.95 bits per heavy atom. The van der Waals surface area contributed by atoms with Gasteiger partial charge in [-0.3, -0.25) is 0 Å². The predicted molar refractivity (Wildman–Crippen MR) is 71.6 cm³/mol. The van der Waals surface area contributed by atoms with Crippen LogP contribution in [-0.4, -0.2) is 21.7 Å². The molecule has 2 aromatic rings. The van der Waals surface area contributed by atoms with E-state index in [1.54, 1.807) is 12.1 Å². The van der Waals surface area contributed by atoms with Gasteiger partial charge in [-0.1, -0.05) is 12.1 Å². The number of hydrogen-bond donors (Lipinski definition) is 4. The minimum Gasteiger partial charge on any atom is -0.439 e. The van der Waals surface area contributed by atoms with Gasteiger partial charge >= 0.3 is 0 Å². The average molecular weight is 261 g/mol. The van der Waals surface area contributed by atoms with Crippen molar-refractivity contribution in [1.29, 1.82) is 0 Å². The highest BCUT2D eigenvalue weighted by Gasteiger charge is 2.04. The Balaban J connectivity index is 2.14. The van der Waals surface area contributed by atoms with Gasteiger partial charge in [0.05, 0.1) is 0 Å². The molecule has 6 N–H and O–H groups in total. The quantitative estimate of drug-likeness (QED) is 0.461. The molecule has 0 saturated carbocycles. The Bertz CT molecular complexity index is 544. The summed E-state index contributed by atoms with van der Waals surface area (Å²) < 4.78 is 5.55. The molecule has 0 atom stereocenters. The van der Waals surface area contributed by atoms with Crippen LogP contribution >= 0.6 is 0 Å². The predicted octanol–water partition coefficient (Wildman–Crippen LogP) is 0.671. The van der Waals surface area contributed by atoms with Crippen molar-refractivity contribution in [3.8, 4) is 11.6 Å². The van der Waals surface area contributed by atoms with Gasteiger partial charge in [0.2, 0.25) is 11.8 Å². The van der Waals surface area contributed by atoms with E-state index in [-0.39, 0.29) is 12.6 Å². The Morgan fingerprint density at radius 1 is 1.21 bits per heavy atom. The van der Waals surface area contributed by atoms with Gasteiger partial charge in [-0.15, -0.1) is 0 Å². The highest BCUT2D eigenvalue weighted by Crippen LogP contribution is 2.22. The molecular formula is C12H15N5O2. The second-order valence-corrected chi connectivity index (χ2v) is 3.81. The maximum absolute atomic E-state index is 8.83. The van der Waals surface area contributed by atoms with E-state index in [1.807, 2.05) is 12.1 Å². The molecule has 0 unspecified atom stereocenters. The van der Waals surface area contributed by atoms with E-state index in [1.165, 1.54) is 6.07 Å². The largest absolute Gasteiger partial charge is 0.439 e. The van der Waals surface area contributed by atoms with E-state index in [4.69, 9.17) is 21.4 Å². The number of nitrogens with one attached hydrogen (secondary N) is 1. The van der Waals surface area contributed by atoms with Gasteiger partial charge < -0.3 is 21.0 Å². The van der Waals surface area contributed by atoms with Crippen molar-refractivity contribution >= 4 is 11.8 Å². The molecule has 0 fully saturated rings. The molecule has 1 aromatic carbocycles. The van der Waals surface area contributed by atoms with Crippen molar-refractivity contribution < 1.29 is 9.84 Å². The molecule has 0 radical (unpaired) electrons. The lowest BCUT2D eigenvalue weighted by Gasteiger charge is -2.07. The van der Waals surface area contributed by atoms with Crippen molar-refractivity contribution in [2.75, 3.05) is 17.8 Å². The molecule has 0 spiro atoms. The maximum atomic E-state index is 8.83. The lowest BCUT2D eigenvalue weighted by atomic mass is 10.1.